The van der Waals surface area contributed by atoms with Crippen LogP contribution in [0.15, 0.2) is 54.6 Å². The van der Waals surface area contributed by atoms with E-state index < -0.39 is 6.03 Å². The Labute approximate surface area is 129 Å². The summed E-state index contributed by atoms with van der Waals surface area (Å²) < 4.78 is 0. The molecule has 5 heteroatoms. The van der Waals surface area contributed by atoms with Crippen molar-refractivity contribution in [3.05, 3.63) is 65.7 Å². The molecule has 4 N–H and O–H groups in total. The molecule has 0 unspecified atom stereocenters. The number of benzene rings is 2. The van der Waals surface area contributed by atoms with E-state index in [-0.39, 0.29) is 5.91 Å². The Morgan fingerprint density at radius 2 is 1.77 bits per heavy atom. The number of urea groups is 1. The molecule has 0 fully saturated rings. The molecule has 2 aromatic rings. The maximum Gasteiger partial charge on any atom is 0.316 e. The standard InChI is InChI=1S/C17H19N3O2/c18-17(22)20-15-10-4-9-14(12-15)16(21)19-11-5-8-13-6-2-1-3-7-13/h1-4,6-7,9-10,12H,5,8,11H2,(H,19,21)(H3,18,20,22). The van der Waals surface area contributed by atoms with Gasteiger partial charge in [-0.3, -0.25) is 4.79 Å². The number of rotatable bonds is 6. The van der Waals surface area contributed by atoms with Crippen LogP contribution in [0.3, 0.4) is 0 Å². The van der Waals surface area contributed by atoms with Gasteiger partial charge in [-0.15, -0.1) is 0 Å². The van der Waals surface area contributed by atoms with E-state index in [0.29, 0.717) is 17.8 Å². The first kappa shape index (κ1) is 15.6. The van der Waals surface area contributed by atoms with Crippen LogP contribution in [0.25, 0.3) is 0 Å². The molecule has 0 aliphatic carbocycles. The highest BCUT2D eigenvalue weighted by atomic mass is 16.2. The molecular weight excluding hydrogens is 278 g/mol. The summed E-state index contributed by atoms with van der Waals surface area (Å²) in [5, 5.41) is 5.31. The molecule has 3 amide bonds. The number of primary amides is 1. The molecule has 22 heavy (non-hydrogen) atoms. The van der Waals surface area contributed by atoms with Crippen LogP contribution in [-0.2, 0) is 6.42 Å². The molecule has 0 aliphatic rings. The lowest BCUT2D eigenvalue weighted by Gasteiger charge is -2.07. The van der Waals surface area contributed by atoms with Crippen LogP contribution in [0.4, 0.5) is 10.5 Å². The van der Waals surface area contributed by atoms with Gasteiger partial charge in [0.1, 0.15) is 0 Å². The predicted molar refractivity (Wildman–Crippen MR) is 86.7 cm³/mol. The molecule has 0 saturated heterocycles. The third-order valence-electron chi connectivity index (χ3n) is 3.16. The first-order chi connectivity index (χ1) is 10.6. The third kappa shape index (κ3) is 4.94. The highest BCUT2D eigenvalue weighted by molar-refractivity contribution is 5.96. The zero-order valence-corrected chi connectivity index (χ0v) is 12.2. The van der Waals surface area contributed by atoms with Gasteiger partial charge in [0.25, 0.3) is 5.91 Å². The Kier molecular flexibility index (Phi) is 5.54. The molecule has 0 aliphatic heterocycles. The van der Waals surface area contributed by atoms with E-state index in [1.807, 2.05) is 18.2 Å². The van der Waals surface area contributed by atoms with Gasteiger partial charge in [-0.25, -0.2) is 4.79 Å². The average molecular weight is 297 g/mol. The van der Waals surface area contributed by atoms with Crippen molar-refractivity contribution in [3.8, 4) is 0 Å². The quantitative estimate of drug-likeness (QED) is 0.716. The number of aryl methyl sites for hydroxylation is 1. The minimum atomic E-state index is -0.652. The van der Waals surface area contributed by atoms with Crippen LogP contribution < -0.4 is 16.4 Å². The number of amides is 3. The number of hydrogen-bond acceptors (Lipinski definition) is 2. The summed E-state index contributed by atoms with van der Waals surface area (Å²) in [5.74, 6) is -0.166. The molecule has 0 spiro atoms. The van der Waals surface area contributed by atoms with Gasteiger partial charge in [-0.05, 0) is 36.6 Å². The fraction of sp³-hybridized carbons (Fsp3) is 0.176. The second kappa shape index (κ2) is 7.83. The van der Waals surface area contributed by atoms with Crippen molar-refractivity contribution < 1.29 is 9.59 Å². The van der Waals surface area contributed by atoms with E-state index in [1.54, 1.807) is 24.3 Å². The predicted octanol–water partition coefficient (Wildman–Crippen LogP) is 2.54. The Bertz CT molecular complexity index is 641. The van der Waals surface area contributed by atoms with Gasteiger partial charge in [-0.1, -0.05) is 36.4 Å². The zero-order valence-electron chi connectivity index (χ0n) is 12.2. The van der Waals surface area contributed by atoms with Crippen molar-refractivity contribution in [2.75, 3.05) is 11.9 Å². The van der Waals surface area contributed by atoms with Gasteiger partial charge in [0.05, 0.1) is 0 Å². The maximum absolute atomic E-state index is 12.0. The first-order valence-electron chi connectivity index (χ1n) is 7.14. The van der Waals surface area contributed by atoms with Gasteiger partial charge >= 0.3 is 6.03 Å². The lowest BCUT2D eigenvalue weighted by atomic mass is 10.1. The molecule has 0 radical (unpaired) electrons. The van der Waals surface area contributed by atoms with E-state index in [0.717, 1.165) is 12.8 Å². The normalized spacial score (nSPS) is 10.0. The second-order valence-corrected chi connectivity index (χ2v) is 4.92. The molecule has 114 valence electrons. The van der Waals surface area contributed by atoms with E-state index in [9.17, 15) is 9.59 Å². The highest BCUT2D eigenvalue weighted by Gasteiger charge is 2.06. The number of anilines is 1. The van der Waals surface area contributed by atoms with Crippen LogP contribution in [0.5, 0.6) is 0 Å². The van der Waals surface area contributed by atoms with Gasteiger partial charge in [0.15, 0.2) is 0 Å². The monoisotopic (exact) mass is 297 g/mol. The van der Waals surface area contributed by atoms with Crippen molar-refractivity contribution in [3.63, 3.8) is 0 Å². The molecule has 0 aromatic heterocycles. The summed E-state index contributed by atoms with van der Waals surface area (Å²) in [6.07, 6.45) is 1.79. The van der Waals surface area contributed by atoms with Crippen molar-refractivity contribution in [2.45, 2.75) is 12.8 Å². The summed E-state index contributed by atoms with van der Waals surface area (Å²) in [6.45, 7) is 0.598. The Hall–Kier alpha value is -2.82. The summed E-state index contributed by atoms with van der Waals surface area (Å²) >= 11 is 0. The Balaban J connectivity index is 1.81. The van der Waals surface area contributed by atoms with Crippen LogP contribution in [0.2, 0.25) is 0 Å². The molecule has 0 heterocycles. The van der Waals surface area contributed by atoms with Crippen LogP contribution in [0.1, 0.15) is 22.3 Å². The smallest absolute Gasteiger partial charge is 0.316 e. The van der Waals surface area contributed by atoms with E-state index in [1.165, 1.54) is 5.56 Å². The maximum atomic E-state index is 12.0. The van der Waals surface area contributed by atoms with Gasteiger partial charge < -0.3 is 16.4 Å². The number of hydrogen-bond donors (Lipinski definition) is 3. The molecule has 2 rings (SSSR count). The van der Waals surface area contributed by atoms with Gasteiger partial charge in [-0.2, -0.15) is 0 Å². The Morgan fingerprint density at radius 1 is 1.00 bits per heavy atom. The van der Waals surface area contributed by atoms with E-state index in [4.69, 9.17) is 5.73 Å². The lowest BCUT2D eigenvalue weighted by molar-refractivity contribution is 0.0953. The van der Waals surface area contributed by atoms with Crippen molar-refractivity contribution in [1.29, 1.82) is 0 Å². The van der Waals surface area contributed by atoms with Crippen molar-refractivity contribution in [2.24, 2.45) is 5.73 Å². The van der Waals surface area contributed by atoms with E-state index in [2.05, 4.69) is 22.8 Å². The molecule has 0 bridgehead atoms. The SMILES string of the molecule is NC(=O)Nc1cccc(C(=O)NCCCc2ccccc2)c1. The van der Waals surface area contributed by atoms with Gasteiger partial charge in [0.2, 0.25) is 0 Å². The van der Waals surface area contributed by atoms with Crippen molar-refractivity contribution in [1.82, 2.24) is 5.32 Å². The third-order valence-corrected chi connectivity index (χ3v) is 3.16. The second-order valence-electron chi connectivity index (χ2n) is 4.92. The summed E-state index contributed by atoms with van der Waals surface area (Å²) in [5.41, 5.74) is 7.30. The topological polar surface area (TPSA) is 84.2 Å². The van der Waals surface area contributed by atoms with Crippen molar-refractivity contribution >= 4 is 17.6 Å². The van der Waals surface area contributed by atoms with Crippen LogP contribution >= 0.6 is 0 Å². The molecule has 5 nitrogen and oxygen atoms in total. The summed E-state index contributed by atoms with van der Waals surface area (Å²) in [7, 11) is 0. The number of carbonyl (C=O) groups is 2. The summed E-state index contributed by atoms with van der Waals surface area (Å²) in [4.78, 5) is 22.8. The largest absolute Gasteiger partial charge is 0.352 e. The fourth-order valence-corrected chi connectivity index (χ4v) is 2.12. The number of carbonyl (C=O) groups excluding carboxylic acids is 2. The molecular formula is C17H19N3O2. The molecule has 2 aromatic carbocycles. The first-order valence-corrected chi connectivity index (χ1v) is 7.14. The van der Waals surface area contributed by atoms with E-state index >= 15 is 0 Å². The van der Waals surface area contributed by atoms with Crippen LogP contribution in [-0.4, -0.2) is 18.5 Å². The number of nitrogens with two attached hydrogens (primary N) is 1. The minimum Gasteiger partial charge on any atom is -0.352 e. The van der Waals surface area contributed by atoms with Crippen LogP contribution in [0, 0.1) is 0 Å². The molecule has 0 saturated carbocycles. The summed E-state index contributed by atoms with van der Waals surface area (Å²) in [6, 6.07) is 16.1. The minimum absolute atomic E-state index is 0.166. The van der Waals surface area contributed by atoms with Gasteiger partial charge in [0, 0.05) is 17.8 Å². The average Bonchev–Trinajstić information content (AvgIpc) is 2.52. The fourth-order valence-electron chi connectivity index (χ4n) is 2.12. The lowest BCUT2D eigenvalue weighted by Crippen LogP contribution is -2.25. The number of nitrogens with one attached hydrogen (secondary N) is 2. The zero-order chi connectivity index (χ0) is 15.8. The molecule has 0 atom stereocenters. The Morgan fingerprint density at radius 3 is 2.50 bits per heavy atom. The highest BCUT2D eigenvalue weighted by Crippen LogP contribution is 2.10.